The van der Waals surface area contributed by atoms with Crippen molar-refractivity contribution in [2.45, 2.75) is 0 Å². The molecule has 10 aromatic rings. The lowest BCUT2D eigenvalue weighted by Crippen LogP contribution is -1.96. The molecule has 0 atom stereocenters. The molecular weight excluding hydrogens is 605 g/mol. The van der Waals surface area contributed by atoms with E-state index < -0.39 is 95.7 Å². The van der Waals surface area contributed by atoms with Crippen molar-refractivity contribution in [1.29, 1.82) is 0 Å². The number of para-hydroxylation sites is 3. The second-order valence-electron chi connectivity index (χ2n) is 11.8. The number of benzene rings is 8. The lowest BCUT2D eigenvalue weighted by Gasteiger charge is -2.14. The van der Waals surface area contributed by atoms with Crippen LogP contribution in [0.4, 0.5) is 0 Å². The van der Waals surface area contributed by atoms with Gasteiger partial charge < -0.3 is 9.13 Å². The van der Waals surface area contributed by atoms with Crippen LogP contribution in [0.3, 0.4) is 0 Å². The van der Waals surface area contributed by atoms with Crippen LogP contribution in [-0.2, 0) is 0 Å². The van der Waals surface area contributed by atoms with Crippen molar-refractivity contribution >= 4 is 43.6 Å². The Morgan fingerprint density at radius 1 is 0.320 bits per heavy atom. The quantitative estimate of drug-likeness (QED) is 0.175. The van der Waals surface area contributed by atoms with E-state index in [9.17, 15) is 11.0 Å². The molecule has 0 N–H and O–H groups in total. The molecule has 2 aromatic heterocycles. The number of hydrogen-bond acceptors (Lipinski definition) is 0. The van der Waals surface area contributed by atoms with E-state index in [1.807, 2.05) is 78.9 Å². The molecule has 0 aliphatic heterocycles. The predicted molar refractivity (Wildman–Crippen MR) is 211 cm³/mol. The van der Waals surface area contributed by atoms with Gasteiger partial charge in [-0.05, 0) is 100.0 Å². The normalized spacial score (nSPS) is 15.8. The molecule has 0 aliphatic rings. The Bertz CT molecular complexity index is 3640. The molecule has 0 saturated heterocycles. The van der Waals surface area contributed by atoms with Crippen LogP contribution in [-0.4, -0.2) is 9.13 Å². The highest BCUT2D eigenvalue weighted by Crippen LogP contribution is 2.39. The molecule has 8 aromatic carbocycles. The van der Waals surface area contributed by atoms with Gasteiger partial charge in [-0.25, -0.2) is 0 Å². The highest BCUT2D eigenvalue weighted by atomic mass is 15.0. The van der Waals surface area contributed by atoms with E-state index in [4.69, 9.17) is 9.60 Å². The number of aromatic nitrogens is 2. The summed E-state index contributed by atoms with van der Waals surface area (Å²) in [5, 5.41) is -0.603. The lowest BCUT2D eigenvalue weighted by molar-refractivity contribution is 1.18. The fraction of sp³-hybridized carbons (Fsp3) is 0. The molecule has 2 heterocycles. The van der Waals surface area contributed by atoms with Gasteiger partial charge >= 0.3 is 0 Å². The summed E-state index contributed by atoms with van der Waals surface area (Å²) in [7, 11) is 0. The summed E-state index contributed by atoms with van der Waals surface area (Å²) in [6.07, 6.45) is 0. The summed E-state index contributed by atoms with van der Waals surface area (Å²) in [6.45, 7) is 0. The first-order valence-corrected chi connectivity index (χ1v) is 16.0. The maximum absolute atomic E-state index is 9.91. The second kappa shape index (κ2) is 11.5. The molecule has 0 unspecified atom stereocenters. The van der Waals surface area contributed by atoms with Gasteiger partial charge in [0.15, 0.2) is 0 Å². The Balaban J connectivity index is 1.37. The molecule has 234 valence electrons. The molecule has 2 heteroatoms. The minimum atomic E-state index is -0.645. The first-order valence-electron chi connectivity index (χ1n) is 23.5. The number of hydrogen-bond donors (Lipinski definition) is 0. The number of nitrogens with zero attached hydrogens (tertiary/aromatic N) is 2. The fourth-order valence-electron chi connectivity index (χ4n) is 6.66. The molecule has 0 amide bonds. The van der Waals surface area contributed by atoms with E-state index in [-0.39, 0.29) is 55.3 Å². The SMILES string of the molecule is [2H]c1ccc(-n2c3c([2H])c([2H])c([2H])c([2H])c3c3c([2H])c(-c4c([2H])c([2H])c5c(c4[2H])c4c([2H])c([2H])c([2H])c([2H])c4n5-c4cc(-c5ccccc5)cc(-c5ccccc5)c4)c([2H])c([2H])c32)cc1. The van der Waals surface area contributed by atoms with E-state index in [0.29, 0.717) is 5.69 Å². The molecule has 0 spiro atoms. The largest absolute Gasteiger partial charge is 0.309 e. The van der Waals surface area contributed by atoms with Gasteiger partial charge in [0.05, 0.1) is 42.6 Å². The summed E-state index contributed by atoms with van der Waals surface area (Å²) < 4.78 is 140. The first kappa shape index (κ1) is 17.1. The van der Waals surface area contributed by atoms with Gasteiger partial charge in [-0.3, -0.25) is 0 Å². The van der Waals surface area contributed by atoms with Gasteiger partial charge in [0, 0.05) is 32.9 Å². The summed E-state index contributed by atoms with van der Waals surface area (Å²) in [4.78, 5) is 0. The van der Waals surface area contributed by atoms with E-state index in [1.54, 1.807) is 0 Å². The molecule has 0 fully saturated rings. The fourth-order valence-corrected chi connectivity index (χ4v) is 6.66. The van der Waals surface area contributed by atoms with Crippen LogP contribution in [0.15, 0.2) is 194 Å². The van der Waals surface area contributed by atoms with Gasteiger partial charge in [-0.2, -0.15) is 0 Å². The molecule has 0 saturated carbocycles. The van der Waals surface area contributed by atoms with Crippen LogP contribution in [0.5, 0.6) is 0 Å². The van der Waals surface area contributed by atoms with Crippen LogP contribution in [0.2, 0.25) is 0 Å². The van der Waals surface area contributed by atoms with Crippen LogP contribution in [0.25, 0.3) is 88.4 Å². The first-order chi connectivity index (χ1) is 31.0. The highest BCUT2D eigenvalue weighted by molar-refractivity contribution is 6.12. The van der Waals surface area contributed by atoms with Crippen molar-refractivity contribution in [3.8, 4) is 44.8 Å². The topological polar surface area (TPSA) is 9.86 Å². The van der Waals surface area contributed by atoms with E-state index in [0.717, 1.165) is 22.3 Å². The van der Waals surface area contributed by atoms with Gasteiger partial charge in [0.25, 0.3) is 0 Å². The summed E-state index contributed by atoms with van der Waals surface area (Å²) >= 11 is 0. The van der Waals surface area contributed by atoms with Crippen LogP contribution < -0.4 is 0 Å². The molecule has 10 rings (SSSR count). The Morgan fingerprint density at radius 2 is 0.780 bits per heavy atom. The highest BCUT2D eigenvalue weighted by Gasteiger charge is 2.17. The lowest BCUT2D eigenvalue weighted by atomic mass is 9.98. The summed E-state index contributed by atoms with van der Waals surface area (Å²) in [6, 6.07) is 22.8. The average molecular weight is 652 g/mol. The van der Waals surface area contributed by atoms with Crippen LogP contribution in [0, 0.1) is 0 Å². The third-order valence-electron chi connectivity index (χ3n) is 8.91. The van der Waals surface area contributed by atoms with Crippen molar-refractivity contribution in [3.63, 3.8) is 0 Å². The Morgan fingerprint density at radius 3 is 1.30 bits per heavy atom. The van der Waals surface area contributed by atoms with Gasteiger partial charge in [-0.15, -0.1) is 0 Å². The minimum absolute atomic E-state index is 0.0691. The Kier molecular flexibility index (Phi) is 3.95. The minimum Gasteiger partial charge on any atom is -0.309 e. The molecular formula is C48H32N2. The predicted octanol–water partition coefficient (Wildman–Crippen LogP) is 12.9. The monoisotopic (exact) mass is 651 g/mol. The van der Waals surface area contributed by atoms with Crippen molar-refractivity contribution < 1.29 is 20.6 Å². The average Bonchev–Trinajstić information content (AvgIpc) is 3.88. The van der Waals surface area contributed by atoms with Crippen LogP contribution in [0.1, 0.15) is 20.6 Å². The molecule has 0 aliphatic carbocycles. The Hall–Kier alpha value is -6.64. The maximum atomic E-state index is 9.91. The van der Waals surface area contributed by atoms with Crippen molar-refractivity contribution in [2.75, 3.05) is 0 Å². The van der Waals surface area contributed by atoms with Crippen molar-refractivity contribution in [3.05, 3.63) is 194 Å². The third-order valence-corrected chi connectivity index (χ3v) is 8.91. The van der Waals surface area contributed by atoms with Crippen LogP contribution >= 0.6 is 0 Å². The van der Waals surface area contributed by atoms with Crippen molar-refractivity contribution in [1.82, 2.24) is 9.13 Å². The zero-order chi connectivity index (χ0) is 46.1. The summed E-state index contributed by atoms with van der Waals surface area (Å²) in [5.41, 5.74) is 2.53. The number of rotatable bonds is 5. The van der Waals surface area contributed by atoms with Gasteiger partial charge in [-0.1, -0.05) is 127 Å². The number of fused-ring (bicyclic) bond motifs is 6. The zero-order valence-corrected chi connectivity index (χ0v) is 26.2. The molecule has 2 nitrogen and oxygen atoms in total. The third kappa shape index (κ3) is 4.57. The van der Waals surface area contributed by atoms with E-state index >= 15 is 0 Å². The standard InChI is InChI=1S/C48H32N2/c1-4-14-33(15-5-1)37-28-38(34-16-6-2-7-17-34)30-40(29-37)50-46-23-13-11-21-42(46)44-32-36(25-27-48(44)50)35-24-26-47-43(31-35)41-20-10-12-22-45(41)49(47)39-18-8-3-9-19-39/h1-32H/i3D,10D,11D,12D,13D,20D,21D,22D,23D,24D,25D,26D,27D,31D,32D. The molecule has 0 radical (unpaired) electrons. The van der Waals surface area contributed by atoms with Gasteiger partial charge in [0.2, 0.25) is 0 Å². The summed E-state index contributed by atoms with van der Waals surface area (Å²) in [5.74, 6) is 0. The zero-order valence-electron chi connectivity index (χ0n) is 41.2. The smallest absolute Gasteiger partial charge is 0.0645 e. The second-order valence-corrected chi connectivity index (χ2v) is 11.8. The molecule has 50 heavy (non-hydrogen) atoms. The van der Waals surface area contributed by atoms with E-state index in [2.05, 4.69) is 0 Å². The van der Waals surface area contributed by atoms with Gasteiger partial charge in [0.1, 0.15) is 0 Å². The Labute approximate surface area is 311 Å². The van der Waals surface area contributed by atoms with E-state index in [1.165, 1.54) is 33.4 Å². The molecule has 0 bridgehead atoms. The maximum Gasteiger partial charge on any atom is 0.0645 e. The van der Waals surface area contributed by atoms with Crippen molar-refractivity contribution in [2.24, 2.45) is 0 Å².